The summed E-state index contributed by atoms with van der Waals surface area (Å²) in [6.45, 7) is 10.8. The summed E-state index contributed by atoms with van der Waals surface area (Å²) in [6.07, 6.45) is 3.96. The van der Waals surface area contributed by atoms with E-state index in [0.29, 0.717) is 26.4 Å². The lowest BCUT2D eigenvalue weighted by Gasteiger charge is -2.18. The predicted octanol–water partition coefficient (Wildman–Crippen LogP) is 6.20. The van der Waals surface area contributed by atoms with Crippen LogP contribution in [0.2, 0.25) is 0 Å². The van der Waals surface area contributed by atoms with E-state index in [4.69, 9.17) is 18.9 Å². The van der Waals surface area contributed by atoms with Crippen LogP contribution in [0, 0.1) is 5.92 Å². The number of pyridine rings is 1. The van der Waals surface area contributed by atoms with Gasteiger partial charge in [-0.3, -0.25) is 0 Å². The van der Waals surface area contributed by atoms with E-state index in [0.717, 1.165) is 49.1 Å². The van der Waals surface area contributed by atoms with Crippen molar-refractivity contribution < 1.29 is 28.6 Å². The summed E-state index contributed by atoms with van der Waals surface area (Å²) < 4.78 is 25.6. The summed E-state index contributed by atoms with van der Waals surface area (Å²) >= 11 is 6.18. The average molecular weight is 572 g/mol. The molecule has 5 heterocycles. The molecule has 1 atom stereocenters. The minimum Gasteiger partial charge on any atom is -0.485 e. The van der Waals surface area contributed by atoms with Crippen molar-refractivity contribution in [2.75, 3.05) is 38.9 Å². The molecule has 186 valence electrons. The van der Waals surface area contributed by atoms with Gasteiger partial charge in [-0.25, -0.2) is 4.57 Å². The molecule has 34 heavy (non-hydrogen) atoms. The summed E-state index contributed by atoms with van der Waals surface area (Å²) in [6, 6.07) is 4.13. The molecule has 0 radical (unpaired) electrons. The molecule has 0 saturated heterocycles. The van der Waals surface area contributed by atoms with Crippen LogP contribution in [0.4, 0.5) is 0 Å². The van der Waals surface area contributed by atoms with E-state index < -0.39 is 0 Å². The van der Waals surface area contributed by atoms with Gasteiger partial charge in [0.1, 0.15) is 33.0 Å². The van der Waals surface area contributed by atoms with Gasteiger partial charge < -0.3 is 24.1 Å². The molecule has 0 spiro atoms. The van der Waals surface area contributed by atoms with Gasteiger partial charge in [0.05, 0.1) is 14.6 Å². The third-order valence-electron chi connectivity index (χ3n) is 4.79. The highest BCUT2D eigenvalue weighted by molar-refractivity contribution is 9.08. The van der Waals surface area contributed by atoms with Crippen LogP contribution < -0.4 is 23.5 Å². The Morgan fingerprint density at radius 1 is 0.853 bits per heavy atom. The molecular formula is C25H33BrNO5S2+. The number of thiophene rings is 2. The number of fused-ring (bicyclic) bond motifs is 2. The zero-order valence-corrected chi connectivity index (χ0v) is 23.5. The molecule has 6 nitrogen and oxygen atoms in total. The van der Waals surface area contributed by atoms with Crippen molar-refractivity contribution in [1.29, 1.82) is 0 Å². The lowest BCUT2D eigenvalue weighted by atomic mass is 10.2. The van der Waals surface area contributed by atoms with E-state index in [1.807, 2.05) is 47.2 Å². The van der Waals surface area contributed by atoms with Crippen molar-refractivity contribution in [2.24, 2.45) is 5.92 Å². The van der Waals surface area contributed by atoms with Crippen molar-refractivity contribution in [3.63, 3.8) is 0 Å². The fourth-order valence-electron chi connectivity index (χ4n) is 3.29. The van der Waals surface area contributed by atoms with Gasteiger partial charge in [-0.2, -0.15) is 0 Å². The molecule has 3 aromatic rings. The van der Waals surface area contributed by atoms with Crippen LogP contribution in [0.5, 0.6) is 23.0 Å². The van der Waals surface area contributed by atoms with E-state index >= 15 is 0 Å². The molecular weight excluding hydrogens is 538 g/mol. The second-order valence-corrected chi connectivity index (χ2v) is 10.3. The summed E-state index contributed by atoms with van der Waals surface area (Å²) in [5.74, 6) is 5.81. The summed E-state index contributed by atoms with van der Waals surface area (Å²) in [7, 11) is 0. The van der Waals surface area contributed by atoms with Crippen molar-refractivity contribution in [3.05, 3.63) is 29.9 Å². The molecule has 0 aromatic carbocycles. The number of ether oxygens (including phenoxy) is 4. The molecule has 9 heteroatoms. The molecule has 1 unspecified atom stereocenters. The average Bonchev–Trinajstić information content (AvgIpc) is 3.46. The molecule has 0 saturated carbocycles. The minimum atomic E-state index is 0.0382. The first-order chi connectivity index (χ1) is 16.5. The highest BCUT2D eigenvalue weighted by Gasteiger charge is 2.31. The van der Waals surface area contributed by atoms with Gasteiger partial charge in [0.2, 0.25) is 0 Å². The standard InChI is InChI=1S/C20H20NO5S2.C4H10.CH3Br/c1-12(10-22)21-4-2-13(3-5-21)18-16-17(26-9-8-25-16)20(28-18)19-15-14(11-27-19)23-6-7-24-15;1-4(2)3;1-2/h2-5,11-12,22H,6-10H2,1H3;4H,1-3H3;1H3/q+1;;. The van der Waals surface area contributed by atoms with Gasteiger partial charge in [-0.05, 0) is 11.8 Å². The van der Waals surface area contributed by atoms with Crippen LogP contribution in [0.3, 0.4) is 0 Å². The summed E-state index contributed by atoms with van der Waals surface area (Å²) in [5, 5.41) is 11.3. The molecule has 2 aliphatic rings. The maximum Gasteiger partial charge on any atom is 0.181 e. The molecule has 5 rings (SSSR count). The Morgan fingerprint density at radius 3 is 1.97 bits per heavy atom. The topological polar surface area (TPSA) is 61.0 Å². The van der Waals surface area contributed by atoms with Gasteiger partial charge in [-0.15, -0.1) is 22.7 Å². The number of rotatable bonds is 4. The Labute approximate surface area is 218 Å². The monoisotopic (exact) mass is 570 g/mol. The normalized spacial score (nSPS) is 14.5. The highest BCUT2D eigenvalue weighted by atomic mass is 79.9. The summed E-state index contributed by atoms with van der Waals surface area (Å²) in [4.78, 5) is 3.07. The zero-order chi connectivity index (χ0) is 24.7. The van der Waals surface area contributed by atoms with Crippen LogP contribution in [-0.2, 0) is 0 Å². The van der Waals surface area contributed by atoms with E-state index in [-0.39, 0.29) is 12.6 Å². The lowest BCUT2D eigenvalue weighted by molar-refractivity contribution is -0.721. The number of aliphatic hydroxyl groups is 1. The molecule has 0 bridgehead atoms. The molecule has 0 fully saturated rings. The molecule has 2 aliphatic heterocycles. The number of alkyl halides is 1. The Balaban J connectivity index is 0.000000492. The van der Waals surface area contributed by atoms with Crippen LogP contribution in [-0.4, -0.2) is 44.0 Å². The Kier molecular flexibility index (Phi) is 10.1. The first-order valence-electron chi connectivity index (χ1n) is 11.3. The third-order valence-corrected chi connectivity index (χ3v) is 7.10. The van der Waals surface area contributed by atoms with Crippen LogP contribution in [0.15, 0.2) is 29.9 Å². The van der Waals surface area contributed by atoms with Crippen molar-refractivity contribution in [3.8, 4) is 43.2 Å². The third kappa shape index (κ3) is 6.05. The zero-order valence-electron chi connectivity index (χ0n) is 20.3. The molecule has 1 N–H and O–H groups in total. The van der Waals surface area contributed by atoms with Crippen LogP contribution >= 0.6 is 38.6 Å². The SMILES string of the molecule is CBr.CC(C)C.CC(CO)[n+]1ccc(-c2sc(-c3scc4c3OCCO4)c3c2OCCO3)cc1. The van der Waals surface area contributed by atoms with Gasteiger partial charge >= 0.3 is 0 Å². The van der Waals surface area contributed by atoms with E-state index in [1.54, 1.807) is 22.7 Å². The summed E-state index contributed by atoms with van der Waals surface area (Å²) in [5.41, 5.74) is 1.06. The largest absolute Gasteiger partial charge is 0.485 e. The fourth-order valence-corrected chi connectivity index (χ4v) is 5.55. The van der Waals surface area contributed by atoms with Gasteiger partial charge in [-0.1, -0.05) is 36.7 Å². The van der Waals surface area contributed by atoms with Gasteiger partial charge in [0.25, 0.3) is 0 Å². The highest BCUT2D eigenvalue weighted by Crippen LogP contribution is 2.58. The van der Waals surface area contributed by atoms with Crippen LogP contribution in [0.25, 0.3) is 20.2 Å². The van der Waals surface area contributed by atoms with E-state index in [2.05, 4.69) is 36.7 Å². The Hall–Kier alpha value is -1.81. The van der Waals surface area contributed by atoms with Gasteiger partial charge in [0.15, 0.2) is 41.4 Å². The molecule has 0 aliphatic carbocycles. The maximum atomic E-state index is 9.36. The number of hydrogen-bond donors (Lipinski definition) is 1. The molecule has 0 amide bonds. The second kappa shape index (κ2) is 12.8. The van der Waals surface area contributed by atoms with Gasteiger partial charge in [0, 0.05) is 30.0 Å². The van der Waals surface area contributed by atoms with Crippen molar-refractivity contribution in [1.82, 2.24) is 0 Å². The fraction of sp³-hybridized carbons (Fsp3) is 0.480. The number of aliphatic hydroxyl groups excluding tert-OH is 1. The quantitative estimate of drug-likeness (QED) is 0.299. The molecule has 3 aromatic heterocycles. The second-order valence-electron chi connectivity index (χ2n) is 8.37. The first-order valence-corrected chi connectivity index (χ1v) is 14.6. The number of halogens is 1. The predicted molar refractivity (Wildman–Crippen MR) is 142 cm³/mol. The van der Waals surface area contributed by atoms with E-state index in [1.165, 1.54) is 0 Å². The van der Waals surface area contributed by atoms with E-state index in [9.17, 15) is 5.11 Å². The minimum absolute atomic E-state index is 0.0382. The lowest BCUT2D eigenvalue weighted by Crippen LogP contribution is -2.38. The number of hydrogen-bond acceptors (Lipinski definition) is 7. The smallest absolute Gasteiger partial charge is 0.181 e. The number of aromatic nitrogens is 1. The first kappa shape index (κ1) is 26.8. The number of nitrogens with zero attached hydrogens (tertiary/aromatic N) is 1. The Morgan fingerprint density at radius 2 is 1.38 bits per heavy atom. The maximum absolute atomic E-state index is 9.36. The van der Waals surface area contributed by atoms with Crippen molar-refractivity contribution >= 4 is 38.6 Å². The van der Waals surface area contributed by atoms with Crippen LogP contribution in [0.1, 0.15) is 33.7 Å². The van der Waals surface area contributed by atoms with Crippen molar-refractivity contribution in [2.45, 2.75) is 33.7 Å². The Bertz CT molecular complexity index is 1050.